The highest BCUT2D eigenvalue weighted by Gasteiger charge is 2.40. The van der Waals surface area contributed by atoms with E-state index in [1.807, 2.05) is 24.3 Å². The largest absolute Gasteiger partial charge is 0.461 e. The lowest BCUT2D eigenvalue weighted by Gasteiger charge is -2.28. The number of halogens is 4. The molecule has 0 bridgehead atoms. The van der Waals surface area contributed by atoms with E-state index in [-0.39, 0.29) is 34.4 Å². The molecule has 1 aliphatic carbocycles. The molecule has 0 atom stereocenters. The van der Waals surface area contributed by atoms with Gasteiger partial charge in [-0.2, -0.15) is 0 Å². The predicted molar refractivity (Wildman–Crippen MR) is 130 cm³/mol. The van der Waals surface area contributed by atoms with Crippen LogP contribution in [-0.4, -0.2) is 25.2 Å². The maximum absolute atomic E-state index is 12.7. The molecule has 0 aromatic heterocycles. The zero-order valence-electron chi connectivity index (χ0n) is 17.2. The highest BCUT2D eigenvalue weighted by molar-refractivity contribution is 6.37. The molecule has 0 radical (unpaired) electrons. The number of carbonyl (C=O) groups is 2. The smallest absolute Gasteiger partial charge is 0.339 e. The first-order valence-electron chi connectivity index (χ1n) is 10.1. The van der Waals surface area contributed by atoms with E-state index in [1.165, 1.54) is 24.3 Å². The summed E-state index contributed by atoms with van der Waals surface area (Å²) in [5.74, 6) is -1.14. The predicted octanol–water partition coefficient (Wildman–Crippen LogP) is 7.10. The summed E-state index contributed by atoms with van der Waals surface area (Å²) < 4.78 is 11.3. The third-order valence-electron chi connectivity index (χ3n) is 5.57. The minimum Gasteiger partial charge on any atom is -0.461 e. The molecule has 0 heterocycles. The Morgan fingerprint density at radius 1 is 0.697 bits per heavy atom. The topological polar surface area (TPSA) is 52.6 Å². The van der Waals surface area contributed by atoms with Crippen molar-refractivity contribution in [2.75, 3.05) is 13.2 Å². The van der Waals surface area contributed by atoms with Gasteiger partial charge in [-0.15, -0.1) is 0 Å². The van der Waals surface area contributed by atoms with Gasteiger partial charge in [-0.25, -0.2) is 9.59 Å². The van der Waals surface area contributed by atoms with Gasteiger partial charge in [0.05, 0.1) is 21.2 Å². The molecule has 33 heavy (non-hydrogen) atoms. The van der Waals surface area contributed by atoms with Crippen LogP contribution in [0.1, 0.15) is 31.8 Å². The van der Waals surface area contributed by atoms with Gasteiger partial charge >= 0.3 is 11.9 Å². The van der Waals surface area contributed by atoms with E-state index in [2.05, 4.69) is 0 Å². The van der Waals surface area contributed by atoms with Crippen molar-refractivity contribution in [3.63, 3.8) is 0 Å². The van der Waals surface area contributed by atoms with Crippen LogP contribution in [0.5, 0.6) is 0 Å². The van der Waals surface area contributed by atoms with Crippen LogP contribution in [0.3, 0.4) is 0 Å². The highest BCUT2D eigenvalue weighted by atomic mass is 35.5. The first-order chi connectivity index (χ1) is 15.8. The van der Waals surface area contributed by atoms with Crippen molar-refractivity contribution in [1.29, 1.82) is 0 Å². The molecule has 3 aromatic rings. The second-order valence-electron chi connectivity index (χ2n) is 8.02. The van der Waals surface area contributed by atoms with Crippen LogP contribution in [-0.2, 0) is 22.3 Å². The van der Waals surface area contributed by atoms with E-state index in [1.54, 1.807) is 12.1 Å². The standard InChI is InChI=1S/C25H18Cl4O4/c26-17-5-7-19(21(28)9-17)23(30)32-13-25(11-15-3-1-2-4-16(15)12-25)14-33-24(31)20-8-6-18(27)10-22(20)29/h1-10H,11-14H2. The Morgan fingerprint density at radius 2 is 1.12 bits per heavy atom. The Morgan fingerprint density at radius 3 is 1.52 bits per heavy atom. The molecule has 0 amide bonds. The van der Waals surface area contributed by atoms with Crippen molar-refractivity contribution in [3.05, 3.63) is 103 Å². The average molecular weight is 524 g/mol. The van der Waals surface area contributed by atoms with Gasteiger partial charge in [-0.1, -0.05) is 70.7 Å². The molecule has 4 nitrogen and oxygen atoms in total. The van der Waals surface area contributed by atoms with Crippen molar-refractivity contribution < 1.29 is 19.1 Å². The maximum Gasteiger partial charge on any atom is 0.339 e. The highest BCUT2D eigenvalue weighted by Crippen LogP contribution is 2.38. The van der Waals surface area contributed by atoms with Gasteiger partial charge in [0, 0.05) is 15.5 Å². The molecular formula is C25H18Cl4O4. The lowest BCUT2D eigenvalue weighted by Crippen LogP contribution is -2.35. The zero-order chi connectivity index (χ0) is 23.6. The summed E-state index contributed by atoms with van der Waals surface area (Å²) in [5.41, 5.74) is 2.07. The zero-order valence-corrected chi connectivity index (χ0v) is 20.3. The van der Waals surface area contributed by atoms with Crippen LogP contribution in [0.4, 0.5) is 0 Å². The minimum atomic E-state index is -0.618. The number of carbonyl (C=O) groups excluding carboxylic acids is 2. The third kappa shape index (κ3) is 5.47. The van der Waals surface area contributed by atoms with Crippen LogP contribution in [0.15, 0.2) is 60.7 Å². The van der Waals surface area contributed by atoms with Crippen LogP contribution < -0.4 is 0 Å². The molecule has 0 unspecified atom stereocenters. The lowest BCUT2D eigenvalue weighted by molar-refractivity contribution is -0.00221. The second kappa shape index (κ2) is 9.94. The first-order valence-corrected chi connectivity index (χ1v) is 11.6. The first kappa shape index (κ1) is 23.9. The second-order valence-corrected chi connectivity index (χ2v) is 9.71. The van der Waals surface area contributed by atoms with Crippen LogP contribution in [0.2, 0.25) is 20.1 Å². The van der Waals surface area contributed by atoms with E-state index in [9.17, 15) is 9.59 Å². The molecule has 0 fully saturated rings. The number of fused-ring (bicyclic) bond motifs is 1. The summed E-state index contributed by atoms with van der Waals surface area (Å²) in [7, 11) is 0. The number of benzene rings is 3. The fourth-order valence-electron chi connectivity index (χ4n) is 3.92. The minimum absolute atomic E-state index is 0.0428. The van der Waals surface area contributed by atoms with Gasteiger partial charge < -0.3 is 9.47 Å². The summed E-state index contributed by atoms with van der Waals surface area (Å²) in [6.45, 7) is 0.0855. The van der Waals surface area contributed by atoms with Crippen LogP contribution in [0.25, 0.3) is 0 Å². The van der Waals surface area contributed by atoms with Gasteiger partial charge in [0.2, 0.25) is 0 Å². The molecule has 0 aliphatic heterocycles. The Kier molecular flexibility index (Phi) is 7.20. The van der Waals surface area contributed by atoms with Gasteiger partial charge in [0.15, 0.2) is 0 Å². The number of hydrogen-bond acceptors (Lipinski definition) is 4. The Hall–Kier alpha value is -2.24. The van der Waals surface area contributed by atoms with Gasteiger partial charge in [0.1, 0.15) is 13.2 Å². The number of ether oxygens (including phenoxy) is 2. The molecule has 0 N–H and O–H groups in total. The molecule has 0 saturated heterocycles. The Balaban J connectivity index is 1.51. The van der Waals surface area contributed by atoms with Gasteiger partial charge in [0.25, 0.3) is 0 Å². The molecule has 1 aliphatic rings. The maximum atomic E-state index is 12.7. The SMILES string of the molecule is O=C(OCC1(COC(=O)c2ccc(Cl)cc2Cl)Cc2ccccc2C1)c1ccc(Cl)cc1Cl. The third-order valence-corrected chi connectivity index (χ3v) is 6.67. The fraction of sp³-hybridized carbons (Fsp3) is 0.200. The van der Waals surface area contributed by atoms with Crippen molar-refractivity contribution in [2.24, 2.45) is 5.41 Å². The summed E-state index contributed by atoms with van der Waals surface area (Å²) in [6.07, 6.45) is 1.18. The molecule has 0 spiro atoms. The molecule has 4 rings (SSSR count). The molecule has 3 aromatic carbocycles. The van der Waals surface area contributed by atoms with Crippen molar-refractivity contribution in [3.8, 4) is 0 Å². The lowest BCUT2D eigenvalue weighted by atomic mass is 9.86. The van der Waals surface area contributed by atoms with E-state index in [0.717, 1.165) is 11.1 Å². The summed E-state index contributed by atoms with van der Waals surface area (Å²) in [5, 5.41) is 1.26. The van der Waals surface area contributed by atoms with Gasteiger partial charge in [-0.3, -0.25) is 0 Å². The van der Waals surface area contributed by atoms with Gasteiger partial charge in [-0.05, 0) is 60.4 Å². The fourth-order valence-corrected chi connectivity index (χ4v) is 4.89. The van der Waals surface area contributed by atoms with Crippen LogP contribution >= 0.6 is 46.4 Å². The Labute approximate surface area is 211 Å². The van der Waals surface area contributed by atoms with E-state index >= 15 is 0 Å². The molecule has 8 heteroatoms. The number of hydrogen-bond donors (Lipinski definition) is 0. The number of rotatable bonds is 6. The normalized spacial score (nSPS) is 13.9. The quantitative estimate of drug-likeness (QED) is 0.323. The average Bonchev–Trinajstić information content (AvgIpc) is 3.15. The summed E-state index contributed by atoms with van der Waals surface area (Å²) >= 11 is 24.1. The molecule has 0 saturated carbocycles. The van der Waals surface area contributed by atoms with E-state index in [4.69, 9.17) is 55.9 Å². The summed E-state index contributed by atoms with van der Waals surface area (Å²) in [6, 6.07) is 17.1. The van der Waals surface area contributed by atoms with E-state index in [0.29, 0.717) is 22.9 Å². The van der Waals surface area contributed by atoms with Crippen molar-refractivity contribution in [2.45, 2.75) is 12.8 Å². The van der Waals surface area contributed by atoms with Crippen molar-refractivity contribution >= 4 is 58.3 Å². The monoisotopic (exact) mass is 522 g/mol. The van der Waals surface area contributed by atoms with E-state index < -0.39 is 17.4 Å². The number of esters is 2. The molecular weight excluding hydrogens is 506 g/mol. The molecule has 170 valence electrons. The van der Waals surface area contributed by atoms with Crippen molar-refractivity contribution in [1.82, 2.24) is 0 Å². The summed E-state index contributed by atoms with van der Waals surface area (Å²) in [4.78, 5) is 25.4. The van der Waals surface area contributed by atoms with Crippen LogP contribution in [0, 0.1) is 5.41 Å². The Bertz CT molecular complexity index is 1130.